The number of carbonyl (C=O) groups is 2. The number of likely N-dealkylation sites (tertiary alicyclic amines) is 1. The smallest absolute Gasteiger partial charge is 0.410 e. The largest absolute Gasteiger partial charge is 0.444 e. The Balaban J connectivity index is 0.969. The number of ether oxygens (including phenoxy) is 1. The monoisotopic (exact) mass is 793 g/mol. The summed E-state index contributed by atoms with van der Waals surface area (Å²) < 4.78 is 35.6. The summed E-state index contributed by atoms with van der Waals surface area (Å²) in [7, 11) is 0. The van der Waals surface area contributed by atoms with Crippen molar-refractivity contribution >= 4 is 28.7 Å². The van der Waals surface area contributed by atoms with Crippen molar-refractivity contribution in [1.82, 2.24) is 29.7 Å². The zero-order valence-corrected chi connectivity index (χ0v) is 34.2. The van der Waals surface area contributed by atoms with Gasteiger partial charge >= 0.3 is 6.09 Å². The van der Waals surface area contributed by atoms with E-state index in [0.29, 0.717) is 52.4 Å². The number of hydrogen-bond donors (Lipinski definition) is 3. The zero-order chi connectivity index (χ0) is 41.4. The summed E-state index contributed by atoms with van der Waals surface area (Å²) in [6, 6.07) is 17.0. The van der Waals surface area contributed by atoms with E-state index in [1.807, 2.05) is 31.7 Å². The Morgan fingerprint density at radius 2 is 1.59 bits per heavy atom. The van der Waals surface area contributed by atoms with Crippen molar-refractivity contribution in [2.75, 3.05) is 51.3 Å². The highest BCUT2D eigenvalue weighted by atomic mass is 19.1. The summed E-state index contributed by atoms with van der Waals surface area (Å²) in [5.74, 6) is -1.51. The van der Waals surface area contributed by atoms with Gasteiger partial charge in [0, 0.05) is 48.5 Å². The minimum atomic E-state index is -1.28. The van der Waals surface area contributed by atoms with Crippen LogP contribution in [-0.2, 0) is 16.8 Å². The van der Waals surface area contributed by atoms with Gasteiger partial charge in [-0.05, 0) is 132 Å². The number of piperidine rings is 1. The molecule has 11 nitrogen and oxygen atoms in total. The third-order valence-electron chi connectivity index (χ3n) is 11.1. The van der Waals surface area contributed by atoms with E-state index in [1.54, 1.807) is 6.92 Å². The highest BCUT2D eigenvalue weighted by molar-refractivity contribution is 6.06. The maximum atomic E-state index is 15.1. The quantitative estimate of drug-likeness (QED) is 0.137. The number of aromatic amines is 1. The first-order valence-corrected chi connectivity index (χ1v) is 20.0. The lowest BCUT2D eigenvalue weighted by Gasteiger charge is -2.40. The molecule has 4 heterocycles. The number of amides is 2. The average molecular weight is 794 g/mol. The normalized spacial score (nSPS) is 16.2. The molecule has 3 aromatic carbocycles. The van der Waals surface area contributed by atoms with Gasteiger partial charge in [0.25, 0.3) is 5.91 Å². The third-order valence-corrected chi connectivity index (χ3v) is 11.1. The number of benzene rings is 3. The van der Waals surface area contributed by atoms with E-state index in [-0.39, 0.29) is 17.3 Å². The molecule has 13 heteroatoms. The van der Waals surface area contributed by atoms with Crippen molar-refractivity contribution in [3.05, 3.63) is 101 Å². The van der Waals surface area contributed by atoms with Gasteiger partial charge in [0.05, 0.1) is 23.5 Å². The van der Waals surface area contributed by atoms with Crippen molar-refractivity contribution in [3.8, 4) is 22.5 Å². The van der Waals surface area contributed by atoms with E-state index < -0.39 is 28.7 Å². The van der Waals surface area contributed by atoms with Crippen molar-refractivity contribution in [1.29, 1.82) is 0 Å². The Labute approximate surface area is 338 Å². The number of rotatable bonds is 9. The average Bonchev–Trinajstić information content (AvgIpc) is 3.61. The van der Waals surface area contributed by atoms with E-state index >= 15 is 4.39 Å². The molecule has 2 fully saturated rings. The first-order valence-electron chi connectivity index (χ1n) is 20.0. The Morgan fingerprint density at radius 3 is 2.24 bits per heavy atom. The molecule has 2 aliphatic rings. The van der Waals surface area contributed by atoms with Crippen LogP contribution in [0.3, 0.4) is 0 Å². The van der Waals surface area contributed by atoms with Crippen molar-refractivity contribution < 1.29 is 28.2 Å². The van der Waals surface area contributed by atoms with Crippen LogP contribution in [0.25, 0.3) is 33.5 Å². The number of aromatic nitrogens is 3. The number of aliphatic hydroxyl groups is 1. The van der Waals surface area contributed by atoms with Crippen molar-refractivity contribution in [2.24, 2.45) is 5.92 Å². The molecule has 2 aliphatic heterocycles. The Hall–Kier alpha value is -5.24. The molecule has 2 amide bonds. The number of nitrogens with zero attached hydrogens (tertiary/aromatic N) is 5. The summed E-state index contributed by atoms with van der Waals surface area (Å²) in [5.41, 5.74) is 3.74. The summed E-state index contributed by atoms with van der Waals surface area (Å²) in [5, 5.41) is 13.6. The van der Waals surface area contributed by atoms with Gasteiger partial charge in [0.15, 0.2) is 0 Å². The number of anilines is 1. The fourth-order valence-corrected chi connectivity index (χ4v) is 7.80. The number of hydrogen-bond acceptors (Lipinski definition) is 8. The zero-order valence-electron chi connectivity index (χ0n) is 34.2. The molecule has 0 aliphatic carbocycles. The van der Waals surface area contributed by atoms with Crippen LogP contribution in [0.4, 0.5) is 19.3 Å². The highest BCUT2D eigenvalue weighted by Gasteiger charge is 2.28. The molecule has 58 heavy (non-hydrogen) atoms. The molecule has 306 valence electrons. The van der Waals surface area contributed by atoms with Crippen LogP contribution in [-0.4, -0.2) is 98.3 Å². The number of nitrogens with one attached hydrogen (secondary N) is 2. The van der Waals surface area contributed by atoms with Crippen LogP contribution in [0.2, 0.25) is 0 Å². The number of halogens is 2. The lowest BCUT2D eigenvalue weighted by molar-refractivity contribution is 0.00643. The lowest BCUT2D eigenvalue weighted by atomic mass is 9.90. The van der Waals surface area contributed by atoms with Gasteiger partial charge in [-0.15, -0.1) is 0 Å². The minimum absolute atomic E-state index is 0.185. The third kappa shape index (κ3) is 9.54. The molecule has 2 saturated heterocycles. The molecule has 0 bridgehead atoms. The second kappa shape index (κ2) is 16.6. The molecule has 0 saturated carbocycles. The van der Waals surface area contributed by atoms with E-state index in [1.165, 1.54) is 50.0 Å². The predicted octanol–water partition coefficient (Wildman–Crippen LogP) is 8.12. The van der Waals surface area contributed by atoms with E-state index in [0.717, 1.165) is 69.4 Å². The van der Waals surface area contributed by atoms with E-state index in [9.17, 15) is 19.1 Å². The molecule has 7 rings (SSSR count). The van der Waals surface area contributed by atoms with E-state index in [4.69, 9.17) is 4.74 Å². The summed E-state index contributed by atoms with van der Waals surface area (Å²) >= 11 is 0. The van der Waals surface area contributed by atoms with Crippen LogP contribution < -0.4 is 5.32 Å². The van der Waals surface area contributed by atoms with Gasteiger partial charge in [0.1, 0.15) is 29.2 Å². The number of fused-ring (bicyclic) bond motifs is 1. The number of H-pyrrole nitrogens is 1. The van der Waals surface area contributed by atoms with Gasteiger partial charge < -0.3 is 25.0 Å². The second-order valence-electron chi connectivity index (χ2n) is 17.2. The van der Waals surface area contributed by atoms with Gasteiger partial charge in [0.2, 0.25) is 0 Å². The van der Waals surface area contributed by atoms with Crippen LogP contribution in [0, 0.1) is 24.5 Å². The minimum Gasteiger partial charge on any atom is -0.444 e. The van der Waals surface area contributed by atoms with Crippen LogP contribution >= 0.6 is 0 Å². The number of carbonyl (C=O) groups excluding carboxylic acids is 2. The summed E-state index contributed by atoms with van der Waals surface area (Å²) in [4.78, 5) is 44.7. The first kappa shape index (κ1) is 40.9. The standard InChI is InChI=1S/C45H53F2N7O4/c1-28-35(23-33(46)24-38(28)51-42(55)34-12-11-32(22-37(34)47)45(5,6)57)40-36-25-39(50-41(36)49-26-48-40)31-9-7-29(8-10-31)21-30-13-15-52(16-14-30)27-53-17-19-54(20-18-53)43(56)58-44(2,3)4/h7-12,22-26,30,57H,13-21,27H2,1-6H3,(H,51,55)(H,48,49,50). The molecule has 2 aromatic heterocycles. The SMILES string of the molecule is Cc1c(NC(=O)c2ccc(C(C)(C)O)cc2F)cc(F)cc1-c1ncnc2[nH]c(-c3ccc(CC4CCN(CN5CCN(C(=O)OC(C)(C)C)CC5)CC4)cc3)cc12. The Morgan fingerprint density at radius 1 is 0.897 bits per heavy atom. The Kier molecular flexibility index (Phi) is 11.7. The Bertz CT molecular complexity index is 2280. The van der Waals surface area contributed by atoms with Gasteiger partial charge in [-0.3, -0.25) is 14.6 Å². The molecule has 0 spiro atoms. The van der Waals surface area contributed by atoms with Crippen molar-refractivity contribution in [3.63, 3.8) is 0 Å². The maximum absolute atomic E-state index is 15.1. The fourth-order valence-electron chi connectivity index (χ4n) is 7.80. The second-order valence-corrected chi connectivity index (χ2v) is 17.2. The molecular weight excluding hydrogens is 741 g/mol. The topological polar surface area (TPSA) is 127 Å². The molecule has 5 aromatic rings. The molecular formula is C45H53F2N7O4. The van der Waals surface area contributed by atoms with Gasteiger partial charge in [-0.1, -0.05) is 30.3 Å². The molecule has 0 unspecified atom stereocenters. The number of piperazine rings is 1. The van der Waals surface area contributed by atoms with E-state index in [2.05, 4.69) is 54.3 Å². The summed E-state index contributed by atoms with van der Waals surface area (Å²) in [6.07, 6.45) is 4.49. The predicted molar refractivity (Wildman–Crippen MR) is 221 cm³/mol. The fraction of sp³-hybridized carbons (Fsp3) is 0.422. The molecule has 0 atom stereocenters. The van der Waals surface area contributed by atoms with Gasteiger partial charge in [-0.2, -0.15) is 0 Å². The summed E-state index contributed by atoms with van der Waals surface area (Å²) in [6.45, 7) is 16.6. The van der Waals surface area contributed by atoms with Gasteiger partial charge in [-0.25, -0.2) is 23.5 Å². The molecule has 0 radical (unpaired) electrons. The highest BCUT2D eigenvalue weighted by Crippen LogP contribution is 2.35. The van der Waals surface area contributed by atoms with Crippen LogP contribution in [0.15, 0.2) is 67.0 Å². The van der Waals surface area contributed by atoms with Crippen LogP contribution in [0.5, 0.6) is 0 Å². The van der Waals surface area contributed by atoms with Crippen LogP contribution in [0.1, 0.15) is 74.5 Å². The molecule has 3 N–H and O–H groups in total. The first-order chi connectivity index (χ1) is 27.5. The maximum Gasteiger partial charge on any atom is 0.410 e. The lowest BCUT2D eigenvalue weighted by Crippen LogP contribution is -2.53. The van der Waals surface area contributed by atoms with Crippen molar-refractivity contribution in [2.45, 2.75) is 72.0 Å².